The van der Waals surface area contributed by atoms with Crippen LogP contribution in [0.5, 0.6) is 0 Å². The van der Waals surface area contributed by atoms with E-state index in [1.807, 2.05) is 12.1 Å². The van der Waals surface area contributed by atoms with Crippen molar-refractivity contribution in [2.24, 2.45) is 0 Å². The fourth-order valence-corrected chi connectivity index (χ4v) is 2.26. The van der Waals surface area contributed by atoms with Crippen LogP contribution in [0.25, 0.3) is 0 Å². The molecule has 0 bridgehead atoms. The SMILES string of the molecule is CCOC(CCSc1ccc(Br)cn1)C(=O)O. The van der Waals surface area contributed by atoms with Crippen LogP contribution >= 0.6 is 27.7 Å². The Hall–Kier alpha value is -0.590. The van der Waals surface area contributed by atoms with Gasteiger partial charge in [-0.3, -0.25) is 0 Å². The standard InChI is InChI=1S/C11H14BrNO3S/c1-2-16-9(11(14)15)5-6-17-10-4-3-8(12)7-13-10/h3-4,7,9H,2,5-6H2,1H3,(H,14,15). The summed E-state index contributed by atoms with van der Waals surface area (Å²) in [6, 6.07) is 3.80. The number of carbonyl (C=O) groups is 1. The highest BCUT2D eigenvalue weighted by Gasteiger charge is 2.16. The minimum atomic E-state index is -0.906. The largest absolute Gasteiger partial charge is 0.479 e. The van der Waals surface area contributed by atoms with Gasteiger partial charge < -0.3 is 9.84 Å². The van der Waals surface area contributed by atoms with E-state index in [0.717, 1.165) is 9.50 Å². The number of aromatic nitrogens is 1. The molecule has 1 heterocycles. The Labute approximate surface area is 113 Å². The first-order valence-electron chi connectivity index (χ1n) is 5.22. The van der Waals surface area contributed by atoms with Crippen molar-refractivity contribution < 1.29 is 14.6 Å². The van der Waals surface area contributed by atoms with Gasteiger partial charge in [-0.2, -0.15) is 0 Å². The Kier molecular flexibility index (Phi) is 6.54. The van der Waals surface area contributed by atoms with Crippen molar-refractivity contribution in [1.29, 1.82) is 0 Å². The van der Waals surface area contributed by atoms with Gasteiger partial charge in [0.1, 0.15) is 0 Å². The molecule has 0 saturated carbocycles. The minimum absolute atomic E-state index is 0.415. The zero-order chi connectivity index (χ0) is 12.7. The van der Waals surface area contributed by atoms with Gasteiger partial charge in [0, 0.05) is 23.0 Å². The fraction of sp³-hybridized carbons (Fsp3) is 0.455. The van der Waals surface area contributed by atoms with Gasteiger partial charge in [-0.1, -0.05) is 0 Å². The number of ether oxygens (including phenoxy) is 1. The predicted molar refractivity (Wildman–Crippen MR) is 70.3 cm³/mol. The van der Waals surface area contributed by atoms with E-state index < -0.39 is 12.1 Å². The lowest BCUT2D eigenvalue weighted by Gasteiger charge is -2.11. The highest BCUT2D eigenvalue weighted by molar-refractivity contribution is 9.10. The van der Waals surface area contributed by atoms with Crippen LogP contribution in [0.15, 0.2) is 27.8 Å². The highest BCUT2D eigenvalue weighted by atomic mass is 79.9. The summed E-state index contributed by atoms with van der Waals surface area (Å²) in [6.07, 6.45) is 1.48. The molecular formula is C11H14BrNO3S. The summed E-state index contributed by atoms with van der Waals surface area (Å²) in [5, 5.41) is 9.77. The molecule has 0 aliphatic carbocycles. The van der Waals surface area contributed by atoms with E-state index in [1.165, 1.54) is 11.8 Å². The monoisotopic (exact) mass is 319 g/mol. The Morgan fingerprint density at radius 3 is 2.94 bits per heavy atom. The molecule has 1 atom stereocenters. The first kappa shape index (κ1) is 14.5. The summed E-state index contributed by atoms with van der Waals surface area (Å²) in [4.78, 5) is 15.0. The number of hydrogen-bond donors (Lipinski definition) is 1. The summed E-state index contributed by atoms with van der Waals surface area (Å²) in [5.74, 6) is -0.234. The maximum Gasteiger partial charge on any atom is 0.332 e. The third-order valence-corrected chi connectivity index (χ3v) is 3.42. The van der Waals surface area contributed by atoms with Crippen LogP contribution in [0.3, 0.4) is 0 Å². The van der Waals surface area contributed by atoms with Gasteiger partial charge in [0.2, 0.25) is 0 Å². The Morgan fingerprint density at radius 1 is 1.65 bits per heavy atom. The maximum absolute atomic E-state index is 10.8. The summed E-state index contributed by atoms with van der Waals surface area (Å²) >= 11 is 4.83. The lowest BCUT2D eigenvalue weighted by molar-refractivity contribution is -0.150. The maximum atomic E-state index is 10.8. The molecule has 94 valence electrons. The molecule has 1 unspecified atom stereocenters. The molecule has 17 heavy (non-hydrogen) atoms. The van der Waals surface area contributed by atoms with Gasteiger partial charge in [0.25, 0.3) is 0 Å². The number of carboxylic acid groups (broad SMARTS) is 1. The molecule has 0 fully saturated rings. The summed E-state index contributed by atoms with van der Waals surface area (Å²) in [5.41, 5.74) is 0. The van der Waals surface area contributed by atoms with Crippen LogP contribution in [-0.4, -0.2) is 34.5 Å². The lowest BCUT2D eigenvalue weighted by Crippen LogP contribution is -2.24. The molecule has 1 aromatic rings. The van der Waals surface area contributed by atoms with E-state index in [2.05, 4.69) is 20.9 Å². The second kappa shape index (κ2) is 7.68. The van der Waals surface area contributed by atoms with Gasteiger partial charge in [-0.15, -0.1) is 11.8 Å². The fourth-order valence-electron chi connectivity index (χ4n) is 1.20. The van der Waals surface area contributed by atoms with Gasteiger partial charge in [-0.05, 0) is 41.4 Å². The van der Waals surface area contributed by atoms with E-state index in [4.69, 9.17) is 9.84 Å². The third kappa shape index (κ3) is 5.52. The molecular weight excluding hydrogens is 306 g/mol. The normalized spacial score (nSPS) is 12.4. The van der Waals surface area contributed by atoms with Crippen LogP contribution in [-0.2, 0) is 9.53 Å². The number of thioether (sulfide) groups is 1. The van der Waals surface area contributed by atoms with Crippen molar-refractivity contribution >= 4 is 33.7 Å². The van der Waals surface area contributed by atoms with Crippen molar-refractivity contribution in [3.8, 4) is 0 Å². The van der Waals surface area contributed by atoms with Crippen molar-refractivity contribution in [2.45, 2.75) is 24.5 Å². The lowest BCUT2D eigenvalue weighted by atomic mass is 10.3. The van der Waals surface area contributed by atoms with Crippen LogP contribution in [0, 0.1) is 0 Å². The molecule has 6 heteroatoms. The molecule has 0 aliphatic heterocycles. The average Bonchev–Trinajstić information content (AvgIpc) is 2.30. The van der Waals surface area contributed by atoms with E-state index >= 15 is 0 Å². The number of carboxylic acids is 1. The van der Waals surface area contributed by atoms with Crippen LogP contribution in [0.1, 0.15) is 13.3 Å². The molecule has 0 radical (unpaired) electrons. The molecule has 4 nitrogen and oxygen atoms in total. The third-order valence-electron chi connectivity index (χ3n) is 1.97. The van der Waals surface area contributed by atoms with Crippen LogP contribution in [0.2, 0.25) is 0 Å². The van der Waals surface area contributed by atoms with Crippen molar-refractivity contribution in [3.05, 3.63) is 22.8 Å². The average molecular weight is 320 g/mol. The zero-order valence-corrected chi connectivity index (χ0v) is 11.8. The molecule has 1 N–H and O–H groups in total. The van der Waals surface area contributed by atoms with Gasteiger partial charge in [0.15, 0.2) is 6.10 Å². The van der Waals surface area contributed by atoms with Gasteiger partial charge >= 0.3 is 5.97 Å². The van der Waals surface area contributed by atoms with Crippen molar-refractivity contribution in [2.75, 3.05) is 12.4 Å². The number of aliphatic carboxylic acids is 1. The molecule has 1 aromatic heterocycles. The van der Waals surface area contributed by atoms with Gasteiger partial charge in [-0.25, -0.2) is 9.78 Å². The first-order chi connectivity index (χ1) is 8.13. The number of nitrogens with zero attached hydrogens (tertiary/aromatic N) is 1. The van der Waals surface area contributed by atoms with Crippen LogP contribution < -0.4 is 0 Å². The van der Waals surface area contributed by atoms with E-state index in [1.54, 1.807) is 13.1 Å². The highest BCUT2D eigenvalue weighted by Crippen LogP contribution is 2.19. The van der Waals surface area contributed by atoms with Gasteiger partial charge in [0.05, 0.1) is 5.03 Å². The topological polar surface area (TPSA) is 59.4 Å². The Bertz CT molecular complexity index is 358. The second-order valence-corrected chi connectivity index (χ2v) is 5.26. The van der Waals surface area contributed by atoms with E-state index in [9.17, 15) is 4.79 Å². The first-order valence-corrected chi connectivity index (χ1v) is 7.00. The van der Waals surface area contributed by atoms with Crippen LogP contribution in [0.4, 0.5) is 0 Å². The van der Waals surface area contributed by atoms with E-state index in [-0.39, 0.29) is 0 Å². The molecule has 0 saturated heterocycles. The van der Waals surface area contributed by atoms with Crippen molar-refractivity contribution in [3.63, 3.8) is 0 Å². The minimum Gasteiger partial charge on any atom is -0.479 e. The second-order valence-electron chi connectivity index (χ2n) is 3.23. The smallest absolute Gasteiger partial charge is 0.332 e. The number of rotatable bonds is 7. The molecule has 0 spiro atoms. The number of halogens is 1. The van der Waals surface area contributed by atoms with E-state index in [0.29, 0.717) is 18.8 Å². The zero-order valence-electron chi connectivity index (χ0n) is 9.43. The Balaban J connectivity index is 2.35. The molecule has 0 aliphatic rings. The Morgan fingerprint density at radius 2 is 2.41 bits per heavy atom. The molecule has 0 amide bonds. The number of hydrogen-bond acceptors (Lipinski definition) is 4. The number of pyridine rings is 1. The predicted octanol–water partition coefficient (Wildman–Crippen LogP) is 2.82. The quantitative estimate of drug-likeness (QED) is 0.783. The summed E-state index contributed by atoms with van der Waals surface area (Å²) < 4.78 is 6.05. The molecule has 1 rings (SSSR count). The summed E-state index contributed by atoms with van der Waals surface area (Å²) in [7, 11) is 0. The van der Waals surface area contributed by atoms with Crippen molar-refractivity contribution in [1.82, 2.24) is 4.98 Å². The summed E-state index contributed by atoms with van der Waals surface area (Å²) in [6.45, 7) is 2.21. The molecule has 0 aromatic carbocycles.